The molecule has 0 N–H and O–H groups in total. The Labute approximate surface area is 203 Å². The third-order valence-corrected chi connectivity index (χ3v) is 8.21. The molecule has 0 amide bonds. The first kappa shape index (κ1) is 24.8. The van der Waals surface area contributed by atoms with E-state index in [4.69, 9.17) is 0 Å². The van der Waals surface area contributed by atoms with Crippen LogP contribution >= 0.6 is 0 Å². The molecule has 4 rings (SSSR count). The molecule has 1 heterocycles. The quantitative estimate of drug-likeness (QED) is 0.350. The Balaban J connectivity index is 1.93. The van der Waals surface area contributed by atoms with Gasteiger partial charge in [0.25, 0.3) is 0 Å². The van der Waals surface area contributed by atoms with Crippen LogP contribution in [0, 0.1) is 18.3 Å². The zero-order valence-electron chi connectivity index (χ0n) is 19.2. The number of hydrogen-bond acceptors (Lipinski definition) is 3. The molecule has 1 fully saturated rings. The minimum Gasteiger partial charge on any atom is -0.317 e. The number of nitrogens with zero attached hydrogens (tertiary/aromatic N) is 2. The topological polar surface area (TPSA) is 62.9 Å². The smallest absolute Gasteiger partial charge is 0.317 e. The van der Waals surface area contributed by atoms with Gasteiger partial charge in [-0.2, -0.15) is 18.4 Å². The molecule has 1 aliphatic rings. The van der Waals surface area contributed by atoms with Crippen molar-refractivity contribution in [2.75, 3.05) is 0 Å². The van der Waals surface area contributed by atoms with Crippen molar-refractivity contribution >= 4 is 15.9 Å². The van der Waals surface area contributed by atoms with Gasteiger partial charge in [-0.25, -0.2) is 8.42 Å². The normalized spacial score (nSPS) is 15.7. The number of sulfone groups is 1. The second-order valence-electron chi connectivity index (χ2n) is 8.73. The fraction of sp³-hybridized carbons (Fsp3) is 0.296. The number of benzene rings is 2. The Bertz CT molecular complexity index is 1390. The van der Waals surface area contributed by atoms with E-state index in [0.29, 0.717) is 17.0 Å². The SMILES string of the molecule is Cc1c(/C=C(\C#N)S(=O)(=O)c2ccccc2)cc(C2CCCCC2)n1-c1ccccc1C(F)(F)F. The van der Waals surface area contributed by atoms with Crippen LogP contribution in [-0.4, -0.2) is 13.0 Å². The van der Waals surface area contributed by atoms with Crippen LogP contribution in [0.1, 0.15) is 60.5 Å². The highest BCUT2D eigenvalue weighted by Gasteiger charge is 2.35. The zero-order valence-corrected chi connectivity index (χ0v) is 20.0. The highest BCUT2D eigenvalue weighted by atomic mass is 32.2. The molecule has 2 aromatic carbocycles. The molecule has 1 aliphatic carbocycles. The van der Waals surface area contributed by atoms with E-state index in [1.807, 2.05) is 0 Å². The lowest BCUT2D eigenvalue weighted by atomic mass is 9.86. The number of rotatable bonds is 5. The summed E-state index contributed by atoms with van der Waals surface area (Å²) in [5, 5.41) is 9.71. The Kier molecular flexibility index (Phi) is 6.91. The van der Waals surface area contributed by atoms with Crippen molar-refractivity contribution in [1.29, 1.82) is 5.26 Å². The lowest BCUT2D eigenvalue weighted by Crippen LogP contribution is -2.15. The predicted molar refractivity (Wildman–Crippen MR) is 129 cm³/mol. The van der Waals surface area contributed by atoms with Crippen molar-refractivity contribution in [2.24, 2.45) is 0 Å². The van der Waals surface area contributed by atoms with E-state index >= 15 is 0 Å². The van der Waals surface area contributed by atoms with Gasteiger partial charge in [-0.15, -0.1) is 0 Å². The van der Waals surface area contributed by atoms with Gasteiger partial charge in [0.15, 0.2) is 0 Å². The van der Waals surface area contributed by atoms with Gasteiger partial charge >= 0.3 is 6.18 Å². The first-order valence-electron chi connectivity index (χ1n) is 11.5. The van der Waals surface area contributed by atoms with E-state index in [1.165, 1.54) is 30.3 Å². The van der Waals surface area contributed by atoms with E-state index in [9.17, 15) is 26.9 Å². The van der Waals surface area contributed by atoms with E-state index < -0.39 is 26.5 Å². The predicted octanol–water partition coefficient (Wildman–Crippen LogP) is 7.19. The molecule has 35 heavy (non-hydrogen) atoms. The minimum atomic E-state index is -4.55. The molecule has 0 atom stereocenters. The van der Waals surface area contributed by atoms with Crippen LogP contribution in [0.4, 0.5) is 13.2 Å². The van der Waals surface area contributed by atoms with Gasteiger partial charge < -0.3 is 4.57 Å². The average molecular weight is 499 g/mol. The fourth-order valence-electron chi connectivity index (χ4n) is 4.76. The summed E-state index contributed by atoms with van der Waals surface area (Å²) in [7, 11) is -4.08. The molecule has 0 unspecified atom stereocenters. The van der Waals surface area contributed by atoms with Crippen molar-refractivity contribution in [2.45, 2.75) is 56.0 Å². The monoisotopic (exact) mass is 498 g/mol. The summed E-state index contributed by atoms with van der Waals surface area (Å²) in [4.78, 5) is -0.469. The number of hydrogen-bond donors (Lipinski definition) is 0. The summed E-state index contributed by atoms with van der Waals surface area (Å²) in [6.45, 7) is 1.66. The molecule has 0 radical (unpaired) electrons. The van der Waals surface area contributed by atoms with Crippen LogP contribution in [0.5, 0.6) is 0 Å². The molecule has 8 heteroatoms. The van der Waals surface area contributed by atoms with Crippen molar-refractivity contribution in [3.63, 3.8) is 0 Å². The van der Waals surface area contributed by atoms with Gasteiger partial charge in [-0.1, -0.05) is 49.6 Å². The summed E-state index contributed by atoms with van der Waals surface area (Å²) in [6, 6.07) is 16.6. The van der Waals surface area contributed by atoms with Gasteiger partial charge in [0.05, 0.1) is 16.1 Å². The standard InChI is InChI=1S/C27H25F3N2O2S/c1-19-21(16-23(18-31)35(33,34)22-12-6-3-7-13-22)17-26(20-10-4-2-5-11-20)32(19)25-15-9-8-14-24(25)27(28,29)30/h3,6-9,12-17,20H,2,4-5,10-11H2,1H3/b23-16+. The third kappa shape index (κ3) is 4.92. The molecular formula is C27H25F3N2O2S. The van der Waals surface area contributed by atoms with Gasteiger partial charge in [0, 0.05) is 11.4 Å². The lowest BCUT2D eigenvalue weighted by Gasteiger charge is -2.25. The maximum atomic E-state index is 13.9. The van der Waals surface area contributed by atoms with Gasteiger partial charge in [0.2, 0.25) is 9.84 Å². The van der Waals surface area contributed by atoms with E-state index in [-0.39, 0.29) is 16.5 Å². The molecule has 182 valence electrons. The molecule has 0 spiro atoms. The van der Waals surface area contributed by atoms with Crippen molar-refractivity contribution in [3.8, 4) is 11.8 Å². The van der Waals surface area contributed by atoms with E-state index in [0.717, 1.165) is 38.2 Å². The third-order valence-electron chi connectivity index (χ3n) is 6.53. The Morgan fingerprint density at radius 1 is 1.03 bits per heavy atom. The molecule has 0 bridgehead atoms. The van der Waals surface area contributed by atoms with Crippen LogP contribution < -0.4 is 0 Å². The first-order valence-corrected chi connectivity index (χ1v) is 12.9. The lowest BCUT2D eigenvalue weighted by molar-refractivity contribution is -0.137. The number of nitriles is 1. The maximum absolute atomic E-state index is 13.9. The average Bonchev–Trinajstić information content (AvgIpc) is 3.18. The molecule has 0 saturated heterocycles. The summed E-state index contributed by atoms with van der Waals surface area (Å²) in [5.41, 5.74) is 0.822. The van der Waals surface area contributed by atoms with Crippen LogP contribution in [0.15, 0.2) is 70.5 Å². The Morgan fingerprint density at radius 3 is 2.29 bits per heavy atom. The summed E-state index contributed by atoms with van der Waals surface area (Å²) < 4.78 is 69.5. The molecule has 4 nitrogen and oxygen atoms in total. The van der Waals surface area contributed by atoms with E-state index in [2.05, 4.69) is 0 Å². The zero-order chi connectivity index (χ0) is 25.2. The van der Waals surface area contributed by atoms with E-state index in [1.54, 1.807) is 47.9 Å². The van der Waals surface area contributed by atoms with Crippen LogP contribution in [0.25, 0.3) is 11.8 Å². The largest absolute Gasteiger partial charge is 0.418 e. The Morgan fingerprint density at radius 2 is 1.66 bits per heavy atom. The maximum Gasteiger partial charge on any atom is 0.418 e. The minimum absolute atomic E-state index is 0.00199. The van der Waals surface area contributed by atoms with Crippen molar-refractivity contribution in [3.05, 3.63) is 88.1 Å². The molecule has 3 aromatic rings. The van der Waals surface area contributed by atoms with Gasteiger partial charge in [-0.05, 0) is 67.7 Å². The summed E-state index contributed by atoms with van der Waals surface area (Å²) >= 11 is 0. The van der Waals surface area contributed by atoms with Crippen molar-refractivity contribution in [1.82, 2.24) is 4.57 Å². The molecule has 0 aliphatic heterocycles. The van der Waals surface area contributed by atoms with Crippen LogP contribution in [0.3, 0.4) is 0 Å². The summed E-state index contributed by atoms with van der Waals surface area (Å²) in [6.07, 6.45) is 1.44. The number of para-hydroxylation sites is 1. The van der Waals surface area contributed by atoms with Crippen molar-refractivity contribution < 1.29 is 21.6 Å². The highest BCUT2D eigenvalue weighted by Crippen LogP contribution is 2.40. The molecule has 1 saturated carbocycles. The molecular weight excluding hydrogens is 473 g/mol. The summed E-state index contributed by atoms with van der Waals surface area (Å²) in [5.74, 6) is 0.0437. The van der Waals surface area contributed by atoms with Crippen LogP contribution in [0.2, 0.25) is 0 Å². The van der Waals surface area contributed by atoms with Gasteiger partial charge in [-0.3, -0.25) is 0 Å². The van der Waals surface area contributed by atoms with Crippen LogP contribution in [-0.2, 0) is 16.0 Å². The number of allylic oxidation sites excluding steroid dienone is 1. The second kappa shape index (κ2) is 9.74. The Hall–Kier alpha value is -3.31. The fourth-order valence-corrected chi connectivity index (χ4v) is 5.93. The number of alkyl halides is 3. The van der Waals surface area contributed by atoms with Gasteiger partial charge in [0.1, 0.15) is 11.0 Å². The second-order valence-corrected chi connectivity index (χ2v) is 10.7. The highest BCUT2D eigenvalue weighted by molar-refractivity contribution is 7.95. The number of aromatic nitrogens is 1. The number of halogens is 3. The first-order chi connectivity index (χ1) is 16.6. The molecule has 1 aromatic heterocycles.